The van der Waals surface area contributed by atoms with Crippen LogP contribution in [0.5, 0.6) is 5.75 Å². The minimum atomic E-state index is -1.35. The third-order valence-electron chi connectivity index (χ3n) is 4.27. The fourth-order valence-electron chi connectivity index (χ4n) is 2.97. The lowest BCUT2D eigenvalue weighted by molar-refractivity contribution is -0.124. The van der Waals surface area contributed by atoms with Gasteiger partial charge in [0.25, 0.3) is 0 Å². The van der Waals surface area contributed by atoms with E-state index in [1.807, 2.05) is 0 Å². The molecule has 8 nitrogen and oxygen atoms in total. The first kappa shape index (κ1) is 21.6. The Kier molecular flexibility index (Phi) is 7.34. The summed E-state index contributed by atoms with van der Waals surface area (Å²) in [6.45, 7) is 4.44. The molecule has 2 N–H and O–H groups in total. The number of fused-ring (bicyclic) bond motifs is 1. The van der Waals surface area contributed by atoms with E-state index >= 15 is 0 Å². The lowest BCUT2D eigenvalue weighted by Crippen LogP contribution is -2.53. The van der Waals surface area contributed by atoms with Crippen LogP contribution in [-0.2, 0) is 25.5 Å². The van der Waals surface area contributed by atoms with Crippen LogP contribution in [0.1, 0.15) is 56.0 Å². The number of ether oxygens (including phenoxy) is 1. The highest BCUT2D eigenvalue weighted by atomic mass is 16.5. The maximum atomic E-state index is 12.4. The summed E-state index contributed by atoms with van der Waals surface area (Å²) < 4.78 is 10.8. The number of para-hydroxylation sites is 1. The molecule has 1 aliphatic heterocycles. The number of benzene rings is 1. The monoisotopic (exact) mass is 389 g/mol. The predicted octanol–water partition coefficient (Wildman–Crippen LogP) is 1.02. The molecule has 0 radical (unpaired) electrons. The van der Waals surface area contributed by atoms with Gasteiger partial charge >= 0.3 is 13.1 Å². The normalized spacial score (nSPS) is 16.4. The van der Waals surface area contributed by atoms with E-state index in [1.165, 1.54) is 19.9 Å². The zero-order valence-corrected chi connectivity index (χ0v) is 16.2. The molecule has 1 amide bonds. The first-order chi connectivity index (χ1) is 13.2. The molecule has 1 aromatic carbocycles. The highest BCUT2D eigenvalue weighted by molar-refractivity contribution is 6.47. The van der Waals surface area contributed by atoms with E-state index in [4.69, 9.17) is 9.39 Å². The minimum absolute atomic E-state index is 0.0335. The van der Waals surface area contributed by atoms with Gasteiger partial charge in [-0.15, -0.1) is 0 Å². The molecule has 1 unspecified atom stereocenters. The van der Waals surface area contributed by atoms with Gasteiger partial charge in [-0.05, 0) is 38.8 Å². The third kappa shape index (κ3) is 5.92. The van der Waals surface area contributed by atoms with Crippen LogP contribution in [0.4, 0.5) is 0 Å². The van der Waals surface area contributed by atoms with Gasteiger partial charge in [0.2, 0.25) is 5.91 Å². The first-order valence-electron chi connectivity index (χ1n) is 9.13. The Balaban J connectivity index is 2.09. The van der Waals surface area contributed by atoms with Gasteiger partial charge in [0, 0.05) is 19.3 Å². The van der Waals surface area contributed by atoms with Crippen LogP contribution in [0.15, 0.2) is 18.2 Å². The zero-order valence-electron chi connectivity index (χ0n) is 16.2. The molecule has 150 valence electrons. The average Bonchev–Trinajstić information content (AvgIpc) is 2.59. The van der Waals surface area contributed by atoms with Crippen LogP contribution in [0.3, 0.4) is 0 Å². The van der Waals surface area contributed by atoms with Crippen molar-refractivity contribution in [2.24, 2.45) is 0 Å². The van der Waals surface area contributed by atoms with E-state index < -0.39 is 25.1 Å². The van der Waals surface area contributed by atoms with Crippen LogP contribution in [0.2, 0.25) is 0 Å². The molecule has 0 saturated heterocycles. The van der Waals surface area contributed by atoms with Crippen molar-refractivity contribution in [3.05, 3.63) is 29.3 Å². The highest BCUT2D eigenvalue weighted by Gasteiger charge is 2.38. The Bertz CT molecular complexity index is 780. The fraction of sp³-hybridized carbons (Fsp3) is 0.474. The third-order valence-corrected chi connectivity index (χ3v) is 4.27. The van der Waals surface area contributed by atoms with Crippen molar-refractivity contribution in [1.82, 2.24) is 5.32 Å². The van der Waals surface area contributed by atoms with Crippen molar-refractivity contribution < 1.29 is 33.6 Å². The van der Waals surface area contributed by atoms with Crippen LogP contribution in [0.25, 0.3) is 0 Å². The molecule has 1 heterocycles. The summed E-state index contributed by atoms with van der Waals surface area (Å²) >= 11 is 0. The largest absolute Gasteiger partial charge is 0.547 e. The smallest absolute Gasteiger partial charge is 0.534 e. The number of hydrogen-bond acceptors (Lipinski definition) is 7. The molecule has 0 bridgehead atoms. The van der Waals surface area contributed by atoms with Gasteiger partial charge in [0.05, 0.1) is 5.94 Å². The number of Topliss-reactive ketones (excluding diaryl/α,β-unsaturated/α-hetero) is 2. The van der Waals surface area contributed by atoms with Crippen LogP contribution < -0.4 is 9.97 Å². The predicted molar refractivity (Wildman–Crippen MR) is 101 cm³/mol. The number of amides is 1. The zero-order chi connectivity index (χ0) is 20.8. The van der Waals surface area contributed by atoms with Gasteiger partial charge in [0.1, 0.15) is 29.0 Å². The van der Waals surface area contributed by atoms with Gasteiger partial charge in [-0.1, -0.05) is 12.1 Å². The Morgan fingerprint density at radius 1 is 1.25 bits per heavy atom. The van der Waals surface area contributed by atoms with E-state index in [9.17, 15) is 24.2 Å². The summed E-state index contributed by atoms with van der Waals surface area (Å²) in [7, 11) is -1.35. The molecule has 0 aromatic heterocycles. The quantitative estimate of drug-likeness (QED) is 0.503. The molecule has 0 spiro atoms. The molecule has 2 atom stereocenters. The van der Waals surface area contributed by atoms with Crippen LogP contribution in [0, 0.1) is 0 Å². The summed E-state index contributed by atoms with van der Waals surface area (Å²) in [5.74, 6) is -1.70. The number of esters is 1. The van der Waals surface area contributed by atoms with Gasteiger partial charge in [0.15, 0.2) is 0 Å². The lowest BCUT2D eigenvalue weighted by Gasteiger charge is -2.29. The number of carbonyl (C=O) groups excluding carboxylic acids is 4. The molecule has 28 heavy (non-hydrogen) atoms. The van der Waals surface area contributed by atoms with Gasteiger partial charge in [-0.25, -0.2) is 4.79 Å². The fourth-order valence-corrected chi connectivity index (χ4v) is 2.97. The van der Waals surface area contributed by atoms with Crippen LogP contribution >= 0.6 is 0 Å². The number of ketones is 2. The Hall–Kier alpha value is -2.68. The van der Waals surface area contributed by atoms with E-state index in [1.54, 1.807) is 19.1 Å². The standard InChI is InChI=1S/C19H24BNO7/c1-11(22)7-8-17(24)21-16-10-14-5-4-6-15(18(14)28-20(16)26)19(25)27-13(3)9-12(2)23/h4-6,13,16,26H,7-10H2,1-3H3,(H,21,24)/t13?,16-/m0/s1. The molecule has 0 saturated carbocycles. The van der Waals surface area contributed by atoms with E-state index in [0.717, 1.165) is 0 Å². The van der Waals surface area contributed by atoms with Crippen molar-refractivity contribution in [1.29, 1.82) is 0 Å². The van der Waals surface area contributed by atoms with Gasteiger partial charge in [-0.2, -0.15) is 0 Å². The number of rotatable bonds is 8. The molecule has 0 aliphatic carbocycles. The van der Waals surface area contributed by atoms with Crippen molar-refractivity contribution in [3.63, 3.8) is 0 Å². The number of hydrogen-bond donors (Lipinski definition) is 2. The van der Waals surface area contributed by atoms with Crippen molar-refractivity contribution >= 4 is 30.6 Å². The van der Waals surface area contributed by atoms with Gasteiger partial charge < -0.3 is 24.5 Å². The minimum Gasteiger partial charge on any atom is -0.534 e. The Morgan fingerprint density at radius 2 is 1.96 bits per heavy atom. The molecule has 2 rings (SSSR count). The van der Waals surface area contributed by atoms with E-state index in [0.29, 0.717) is 5.56 Å². The van der Waals surface area contributed by atoms with Crippen molar-refractivity contribution in [2.75, 3.05) is 0 Å². The molecular formula is C19H24BNO7. The second-order valence-corrected chi connectivity index (χ2v) is 7.00. The summed E-state index contributed by atoms with van der Waals surface area (Å²) in [5, 5.41) is 12.9. The molecule has 1 aromatic rings. The van der Waals surface area contributed by atoms with E-state index in [-0.39, 0.29) is 54.5 Å². The topological polar surface area (TPSA) is 119 Å². The summed E-state index contributed by atoms with van der Waals surface area (Å²) in [6.07, 6.45) is -0.0557. The second kappa shape index (κ2) is 9.50. The van der Waals surface area contributed by atoms with Crippen LogP contribution in [-0.4, -0.2) is 47.6 Å². The highest BCUT2D eigenvalue weighted by Crippen LogP contribution is 2.31. The lowest BCUT2D eigenvalue weighted by atomic mass is 9.72. The second-order valence-electron chi connectivity index (χ2n) is 7.00. The maximum absolute atomic E-state index is 12.4. The molecular weight excluding hydrogens is 365 g/mol. The number of carbonyl (C=O) groups is 4. The molecule has 9 heteroatoms. The average molecular weight is 389 g/mol. The van der Waals surface area contributed by atoms with Gasteiger partial charge in [-0.3, -0.25) is 9.59 Å². The number of nitrogens with one attached hydrogen (secondary N) is 1. The summed E-state index contributed by atoms with van der Waals surface area (Å²) in [6, 6.07) is 4.90. The first-order valence-corrected chi connectivity index (χ1v) is 9.13. The van der Waals surface area contributed by atoms with Crippen molar-refractivity contribution in [3.8, 4) is 5.75 Å². The van der Waals surface area contributed by atoms with E-state index in [2.05, 4.69) is 5.32 Å². The Labute approximate surface area is 163 Å². The Morgan fingerprint density at radius 3 is 2.61 bits per heavy atom. The molecule has 0 fully saturated rings. The summed E-state index contributed by atoms with van der Waals surface area (Å²) in [5.41, 5.74) is 0.782. The summed E-state index contributed by atoms with van der Waals surface area (Å²) in [4.78, 5) is 46.5. The van der Waals surface area contributed by atoms with Crippen molar-refractivity contribution in [2.45, 2.75) is 58.5 Å². The SMILES string of the molecule is CC(=O)CCC(=O)N[C@H]1Cc2cccc(C(=O)OC(C)CC(C)=O)c2OB1O. The molecule has 1 aliphatic rings. The maximum Gasteiger partial charge on any atom is 0.547 e.